The molecular weight excluding hydrogens is 172 g/mol. The van der Waals surface area contributed by atoms with Gasteiger partial charge in [-0.15, -0.1) is 0 Å². The van der Waals surface area contributed by atoms with Crippen molar-refractivity contribution in [1.29, 1.82) is 0 Å². The first-order chi connectivity index (χ1) is 6.79. The van der Waals surface area contributed by atoms with Crippen LogP contribution in [0.1, 0.15) is 15.3 Å². The first-order valence-electron chi connectivity index (χ1n) is 5.22. The molecule has 1 aromatic carbocycles. The van der Waals surface area contributed by atoms with E-state index in [1.807, 2.05) is 32.0 Å². The lowest BCUT2D eigenvalue weighted by atomic mass is 10.3. The second kappa shape index (κ2) is 8.57. The Morgan fingerprint density at radius 2 is 1.71 bits per heavy atom. The molecule has 0 aromatic heterocycles. The average Bonchev–Trinajstić information content (AvgIpc) is 2.22. The molecule has 0 spiro atoms. The molecule has 14 heavy (non-hydrogen) atoms. The number of hydrogen-bond acceptors (Lipinski definition) is 2. The molecule has 0 aliphatic carbocycles. The molecule has 0 radical (unpaired) electrons. The van der Waals surface area contributed by atoms with Crippen LogP contribution in [0.15, 0.2) is 30.3 Å². The summed E-state index contributed by atoms with van der Waals surface area (Å²) in [5.74, 6) is 0. The Morgan fingerprint density at radius 1 is 1.14 bits per heavy atom. The topological polar surface area (TPSA) is 15.3 Å². The van der Waals surface area contributed by atoms with Gasteiger partial charge in [-0.1, -0.05) is 32.0 Å². The predicted octanol–water partition coefficient (Wildman–Crippen LogP) is 2.93. The highest BCUT2D eigenvalue weighted by Gasteiger charge is 1.90. The van der Waals surface area contributed by atoms with Gasteiger partial charge in [0.05, 0.1) is 0 Å². The number of anilines is 1. The van der Waals surface area contributed by atoms with Gasteiger partial charge in [0, 0.05) is 20.2 Å². The Morgan fingerprint density at radius 3 is 2.21 bits per heavy atom. The summed E-state index contributed by atoms with van der Waals surface area (Å²) in [7, 11) is 4.15. The van der Waals surface area contributed by atoms with Crippen molar-refractivity contribution >= 4 is 5.69 Å². The summed E-state index contributed by atoms with van der Waals surface area (Å²) < 4.78 is 0. The summed E-state index contributed by atoms with van der Waals surface area (Å²) in [6.45, 7) is 6.06. The molecule has 0 amide bonds. The van der Waals surface area contributed by atoms with Gasteiger partial charge in [0.25, 0.3) is 0 Å². The molecule has 0 saturated carbocycles. The zero-order chi connectivity index (χ0) is 10.8. The van der Waals surface area contributed by atoms with Gasteiger partial charge in [-0.3, -0.25) is 0 Å². The molecule has 1 rings (SSSR count). The number of likely N-dealkylation sites (N-methyl/N-ethyl adjacent to an activating group) is 1. The smallest absolute Gasteiger partial charge is 0.0340 e. The third-order valence-electron chi connectivity index (χ3n) is 1.66. The van der Waals surface area contributed by atoms with Gasteiger partial charge in [0.2, 0.25) is 0 Å². The van der Waals surface area contributed by atoms with Crippen molar-refractivity contribution < 1.29 is 1.43 Å². The molecule has 0 fully saturated rings. The zero-order valence-electron chi connectivity index (χ0n) is 9.75. The van der Waals surface area contributed by atoms with Crippen LogP contribution >= 0.6 is 0 Å². The molecule has 0 saturated heterocycles. The summed E-state index contributed by atoms with van der Waals surface area (Å²) in [6.07, 6.45) is 0. The van der Waals surface area contributed by atoms with Crippen molar-refractivity contribution in [3.63, 3.8) is 0 Å². The second-order valence-corrected chi connectivity index (χ2v) is 3.10. The molecule has 0 unspecified atom stereocenters. The third kappa shape index (κ3) is 6.49. The summed E-state index contributed by atoms with van der Waals surface area (Å²) in [4.78, 5) is 2.16. The Labute approximate surface area is 89.4 Å². The van der Waals surface area contributed by atoms with Gasteiger partial charge in [0.1, 0.15) is 0 Å². The van der Waals surface area contributed by atoms with E-state index in [2.05, 4.69) is 36.4 Å². The standard InChI is InChI=1S/C10H16N2.C2H6.H2/c1-12(2)9-8-11-10-6-4-3-5-7-10;1-2;/h3-7,11H,8-9H2,1-2H3;1-2H3;1H. The molecule has 82 valence electrons. The third-order valence-corrected chi connectivity index (χ3v) is 1.66. The van der Waals surface area contributed by atoms with Crippen LogP contribution in [0.5, 0.6) is 0 Å². The van der Waals surface area contributed by atoms with Gasteiger partial charge in [-0.25, -0.2) is 0 Å². The molecule has 0 aliphatic heterocycles. The fourth-order valence-electron chi connectivity index (χ4n) is 0.980. The predicted molar refractivity (Wildman–Crippen MR) is 66.9 cm³/mol. The highest BCUT2D eigenvalue weighted by Crippen LogP contribution is 2.03. The quantitative estimate of drug-likeness (QED) is 0.796. The van der Waals surface area contributed by atoms with E-state index < -0.39 is 0 Å². The summed E-state index contributed by atoms with van der Waals surface area (Å²) >= 11 is 0. The van der Waals surface area contributed by atoms with Crippen LogP contribution in [0.2, 0.25) is 0 Å². The minimum Gasteiger partial charge on any atom is -0.384 e. The lowest BCUT2D eigenvalue weighted by Gasteiger charge is -2.10. The van der Waals surface area contributed by atoms with E-state index in [0.29, 0.717) is 0 Å². The SMILES string of the molecule is CC.CN(C)CCNc1ccccc1.[HH]. The molecular formula is C12H24N2. The van der Waals surface area contributed by atoms with Crippen LogP contribution in [-0.4, -0.2) is 32.1 Å². The largest absolute Gasteiger partial charge is 0.384 e. The molecule has 0 heterocycles. The molecule has 0 atom stereocenters. The normalized spacial score (nSPS) is 9.21. The van der Waals surface area contributed by atoms with E-state index >= 15 is 0 Å². The van der Waals surface area contributed by atoms with Crippen LogP contribution in [0.25, 0.3) is 0 Å². The van der Waals surface area contributed by atoms with Crippen LogP contribution in [0, 0.1) is 0 Å². The van der Waals surface area contributed by atoms with Crippen LogP contribution in [0.3, 0.4) is 0 Å². The van der Waals surface area contributed by atoms with E-state index in [9.17, 15) is 0 Å². The Balaban J connectivity index is 0. The maximum Gasteiger partial charge on any atom is 0.0340 e. The van der Waals surface area contributed by atoms with Crippen molar-refractivity contribution in [1.82, 2.24) is 4.90 Å². The summed E-state index contributed by atoms with van der Waals surface area (Å²) in [5.41, 5.74) is 1.19. The van der Waals surface area contributed by atoms with Crippen molar-refractivity contribution in [3.8, 4) is 0 Å². The van der Waals surface area contributed by atoms with Gasteiger partial charge >= 0.3 is 0 Å². The molecule has 0 bridgehead atoms. The summed E-state index contributed by atoms with van der Waals surface area (Å²) in [6, 6.07) is 10.3. The number of nitrogens with one attached hydrogen (secondary N) is 1. The van der Waals surface area contributed by atoms with Crippen molar-refractivity contribution in [2.45, 2.75) is 13.8 Å². The minimum atomic E-state index is 0. The van der Waals surface area contributed by atoms with Gasteiger partial charge in [-0.2, -0.15) is 0 Å². The average molecular weight is 196 g/mol. The molecule has 2 nitrogen and oxygen atoms in total. The highest BCUT2D eigenvalue weighted by atomic mass is 15.1. The van der Waals surface area contributed by atoms with Crippen LogP contribution in [0.4, 0.5) is 5.69 Å². The van der Waals surface area contributed by atoms with E-state index in [4.69, 9.17) is 0 Å². The Kier molecular flexibility index (Phi) is 7.95. The van der Waals surface area contributed by atoms with Gasteiger partial charge < -0.3 is 10.2 Å². The van der Waals surface area contributed by atoms with Gasteiger partial charge in [-0.05, 0) is 26.2 Å². The van der Waals surface area contributed by atoms with Crippen LogP contribution in [-0.2, 0) is 0 Å². The minimum absolute atomic E-state index is 0. The van der Waals surface area contributed by atoms with Crippen molar-refractivity contribution in [3.05, 3.63) is 30.3 Å². The monoisotopic (exact) mass is 196 g/mol. The van der Waals surface area contributed by atoms with Crippen LogP contribution < -0.4 is 5.32 Å². The Bertz CT molecular complexity index is 212. The highest BCUT2D eigenvalue weighted by molar-refractivity contribution is 5.42. The van der Waals surface area contributed by atoms with E-state index in [-0.39, 0.29) is 1.43 Å². The van der Waals surface area contributed by atoms with E-state index in [1.54, 1.807) is 0 Å². The number of nitrogens with zero attached hydrogens (tertiary/aromatic N) is 1. The first-order valence-corrected chi connectivity index (χ1v) is 5.22. The fraction of sp³-hybridized carbons (Fsp3) is 0.500. The Hall–Kier alpha value is -1.02. The number of benzene rings is 1. The molecule has 0 aliphatic rings. The molecule has 1 N–H and O–H groups in total. The maximum atomic E-state index is 3.33. The molecule has 1 aromatic rings. The zero-order valence-corrected chi connectivity index (χ0v) is 9.75. The molecule has 2 heteroatoms. The lowest BCUT2D eigenvalue weighted by Crippen LogP contribution is -2.20. The number of rotatable bonds is 4. The van der Waals surface area contributed by atoms with Crippen molar-refractivity contribution in [2.75, 3.05) is 32.5 Å². The van der Waals surface area contributed by atoms with Gasteiger partial charge in [0.15, 0.2) is 0 Å². The summed E-state index contributed by atoms with van der Waals surface area (Å²) in [5, 5.41) is 3.33. The van der Waals surface area contributed by atoms with E-state index in [0.717, 1.165) is 13.1 Å². The first kappa shape index (κ1) is 13.0. The maximum absolute atomic E-state index is 3.33. The van der Waals surface area contributed by atoms with Crippen molar-refractivity contribution in [2.24, 2.45) is 0 Å². The van der Waals surface area contributed by atoms with E-state index in [1.165, 1.54) is 5.69 Å². The lowest BCUT2D eigenvalue weighted by molar-refractivity contribution is 0.425. The number of para-hydroxylation sites is 1. The number of hydrogen-bond donors (Lipinski definition) is 1. The second-order valence-electron chi connectivity index (χ2n) is 3.10. The fourth-order valence-corrected chi connectivity index (χ4v) is 0.980.